The van der Waals surface area contributed by atoms with Crippen LogP contribution in [-0.2, 0) is 14.7 Å². The number of rotatable bonds is 6. The molecule has 112 valence electrons. The zero-order chi connectivity index (χ0) is 14.5. The third-order valence-electron chi connectivity index (χ3n) is 2.94. The summed E-state index contributed by atoms with van der Waals surface area (Å²) in [5.41, 5.74) is 3.56. The molecule has 0 spiro atoms. The average Bonchev–Trinajstić information content (AvgIpc) is 2.29. The molecule has 19 heavy (non-hydrogen) atoms. The minimum Gasteiger partial charge on any atom is -0.280 e. The van der Waals surface area contributed by atoms with Gasteiger partial charge in [0.15, 0.2) is 9.84 Å². The molecule has 0 aromatic heterocycles. The highest BCUT2D eigenvalue weighted by Gasteiger charge is 2.31. The van der Waals surface area contributed by atoms with Crippen molar-refractivity contribution in [2.24, 2.45) is 5.92 Å². The molecule has 0 aromatic carbocycles. The minimum atomic E-state index is -4.42. The van der Waals surface area contributed by atoms with Gasteiger partial charge in [0.05, 0.1) is 25.0 Å². The highest BCUT2D eigenvalue weighted by atomic mass is 32.2. The summed E-state index contributed by atoms with van der Waals surface area (Å²) >= 11 is 0. The number of hydrogen-bond donors (Lipinski definition) is 1. The first-order chi connectivity index (χ1) is 8.72. The van der Waals surface area contributed by atoms with Crippen LogP contribution in [0.3, 0.4) is 0 Å². The van der Waals surface area contributed by atoms with Crippen LogP contribution in [0.5, 0.6) is 0 Å². The Bertz CT molecular complexity index is 417. The van der Waals surface area contributed by atoms with Crippen molar-refractivity contribution in [3.8, 4) is 0 Å². The Labute approximate surface area is 110 Å². The summed E-state index contributed by atoms with van der Waals surface area (Å²) in [5.74, 6) is -1.11. The van der Waals surface area contributed by atoms with E-state index in [-0.39, 0.29) is 11.7 Å². The van der Waals surface area contributed by atoms with Gasteiger partial charge in [0.1, 0.15) is 0 Å². The highest BCUT2D eigenvalue weighted by molar-refractivity contribution is 7.91. The van der Waals surface area contributed by atoms with Crippen molar-refractivity contribution in [1.29, 1.82) is 0 Å². The smallest absolute Gasteiger partial charge is 0.280 e. The van der Waals surface area contributed by atoms with Crippen LogP contribution in [0.1, 0.15) is 25.7 Å². The van der Waals surface area contributed by atoms with Crippen molar-refractivity contribution in [1.82, 2.24) is 5.48 Å². The van der Waals surface area contributed by atoms with Crippen molar-refractivity contribution < 1.29 is 26.4 Å². The maximum absolute atomic E-state index is 12.0. The molecule has 1 N–H and O–H groups in total. The molecule has 4 nitrogen and oxygen atoms in total. The summed E-state index contributed by atoms with van der Waals surface area (Å²) in [6.07, 6.45) is -2.04. The molecule has 0 aromatic rings. The minimum absolute atomic E-state index is 0.111. The normalized spacial score (nSPS) is 21.1. The second-order valence-corrected chi connectivity index (χ2v) is 6.88. The number of sulfone groups is 1. The van der Waals surface area contributed by atoms with E-state index in [4.69, 9.17) is 4.84 Å². The van der Waals surface area contributed by atoms with Gasteiger partial charge in [-0.2, -0.15) is 13.2 Å². The van der Waals surface area contributed by atoms with E-state index < -0.39 is 28.2 Å². The van der Waals surface area contributed by atoms with Crippen LogP contribution < -0.4 is 5.48 Å². The van der Waals surface area contributed by atoms with Crippen LogP contribution in [-0.4, -0.2) is 33.2 Å². The van der Waals surface area contributed by atoms with Crippen molar-refractivity contribution in [3.63, 3.8) is 0 Å². The number of hydroxylamine groups is 1. The molecule has 0 heterocycles. The van der Waals surface area contributed by atoms with Crippen LogP contribution in [0.2, 0.25) is 0 Å². The lowest BCUT2D eigenvalue weighted by Crippen LogP contribution is -2.25. The quantitative estimate of drug-likeness (QED) is 0.764. The second-order valence-electron chi connectivity index (χ2n) is 4.66. The van der Waals surface area contributed by atoms with E-state index in [1.165, 1.54) is 7.11 Å². The Balaban J connectivity index is 2.43. The molecule has 0 aliphatic heterocycles. The first-order valence-corrected chi connectivity index (χ1v) is 7.79. The SMILES string of the molecule is CONC1=CCC(CS(=O)(=O)CCC(F)(F)F)CC1. The molecule has 1 atom stereocenters. The summed E-state index contributed by atoms with van der Waals surface area (Å²) < 4.78 is 59.2. The number of nitrogens with one attached hydrogen (secondary N) is 1. The fraction of sp³-hybridized carbons (Fsp3) is 0.818. The lowest BCUT2D eigenvalue weighted by molar-refractivity contribution is -0.129. The van der Waals surface area contributed by atoms with Gasteiger partial charge in [-0.25, -0.2) is 8.42 Å². The van der Waals surface area contributed by atoms with Gasteiger partial charge < -0.3 is 0 Å². The Hall–Kier alpha value is -0.760. The lowest BCUT2D eigenvalue weighted by Gasteiger charge is -2.22. The molecule has 1 unspecified atom stereocenters. The van der Waals surface area contributed by atoms with Gasteiger partial charge in [-0.15, -0.1) is 0 Å². The molecule has 1 rings (SSSR count). The predicted octanol–water partition coefficient (Wildman–Crippen LogP) is 2.19. The molecular formula is C11H18F3NO3S. The van der Waals surface area contributed by atoms with E-state index in [0.717, 1.165) is 5.70 Å². The van der Waals surface area contributed by atoms with Gasteiger partial charge >= 0.3 is 6.18 Å². The highest BCUT2D eigenvalue weighted by Crippen LogP contribution is 2.25. The zero-order valence-corrected chi connectivity index (χ0v) is 11.5. The maximum atomic E-state index is 12.0. The van der Waals surface area contributed by atoms with Crippen molar-refractivity contribution in [3.05, 3.63) is 11.8 Å². The molecule has 0 bridgehead atoms. The summed E-state index contributed by atoms with van der Waals surface area (Å²) in [6.45, 7) is 0. The first kappa shape index (κ1) is 16.3. The molecule has 0 amide bonds. The Morgan fingerprint density at radius 2 is 2.16 bits per heavy atom. The van der Waals surface area contributed by atoms with Crippen LogP contribution in [0, 0.1) is 5.92 Å². The van der Waals surface area contributed by atoms with Crippen molar-refractivity contribution in [2.75, 3.05) is 18.6 Å². The van der Waals surface area contributed by atoms with Crippen LogP contribution in [0.25, 0.3) is 0 Å². The Kier molecular flexibility index (Phi) is 5.66. The second kappa shape index (κ2) is 6.60. The van der Waals surface area contributed by atoms with E-state index in [1.807, 2.05) is 6.08 Å². The van der Waals surface area contributed by atoms with E-state index in [0.29, 0.717) is 19.3 Å². The van der Waals surface area contributed by atoms with E-state index in [9.17, 15) is 21.6 Å². The summed E-state index contributed by atoms with van der Waals surface area (Å²) in [7, 11) is -2.16. The molecule has 0 radical (unpaired) electrons. The third kappa shape index (κ3) is 6.81. The molecule has 8 heteroatoms. The van der Waals surface area contributed by atoms with Gasteiger partial charge in [-0.05, 0) is 25.2 Å². The zero-order valence-electron chi connectivity index (χ0n) is 10.7. The molecule has 1 aliphatic carbocycles. The van der Waals surface area contributed by atoms with E-state index in [1.54, 1.807) is 0 Å². The molecule has 0 fully saturated rings. The topological polar surface area (TPSA) is 55.4 Å². The third-order valence-corrected chi connectivity index (χ3v) is 4.74. The molecular weight excluding hydrogens is 283 g/mol. The number of alkyl halides is 3. The van der Waals surface area contributed by atoms with Crippen LogP contribution in [0.4, 0.5) is 13.2 Å². The van der Waals surface area contributed by atoms with E-state index in [2.05, 4.69) is 5.48 Å². The number of hydrogen-bond acceptors (Lipinski definition) is 4. The van der Waals surface area contributed by atoms with Crippen LogP contribution >= 0.6 is 0 Å². The van der Waals surface area contributed by atoms with E-state index >= 15 is 0 Å². The van der Waals surface area contributed by atoms with Crippen molar-refractivity contribution in [2.45, 2.75) is 31.9 Å². The monoisotopic (exact) mass is 301 g/mol. The first-order valence-electron chi connectivity index (χ1n) is 5.97. The maximum Gasteiger partial charge on any atom is 0.390 e. The number of halogens is 3. The lowest BCUT2D eigenvalue weighted by atomic mass is 9.94. The van der Waals surface area contributed by atoms with Crippen LogP contribution in [0.15, 0.2) is 11.8 Å². The summed E-state index contributed by atoms with van der Waals surface area (Å²) in [5, 5.41) is 0. The summed E-state index contributed by atoms with van der Waals surface area (Å²) in [4.78, 5) is 4.73. The molecule has 1 aliphatic rings. The van der Waals surface area contributed by atoms with Gasteiger partial charge in [0, 0.05) is 5.70 Å². The Morgan fingerprint density at radius 3 is 2.63 bits per heavy atom. The fourth-order valence-electron chi connectivity index (χ4n) is 1.98. The van der Waals surface area contributed by atoms with Gasteiger partial charge in [-0.1, -0.05) is 6.08 Å². The van der Waals surface area contributed by atoms with Gasteiger partial charge in [-0.3, -0.25) is 10.3 Å². The fourth-order valence-corrected chi connectivity index (χ4v) is 3.71. The van der Waals surface area contributed by atoms with Crippen molar-refractivity contribution >= 4 is 9.84 Å². The van der Waals surface area contributed by atoms with Gasteiger partial charge in [0.2, 0.25) is 0 Å². The Morgan fingerprint density at radius 1 is 1.47 bits per heavy atom. The number of allylic oxidation sites excluding steroid dienone is 2. The largest absolute Gasteiger partial charge is 0.390 e. The molecule has 0 saturated carbocycles. The average molecular weight is 301 g/mol. The standard InChI is InChI=1S/C11H18F3NO3S/c1-18-15-10-4-2-9(3-5-10)8-19(16,17)7-6-11(12,13)14/h4,9,15H,2-3,5-8H2,1H3. The predicted molar refractivity (Wildman–Crippen MR) is 64.9 cm³/mol. The summed E-state index contributed by atoms with van der Waals surface area (Å²) in [6, 6.07) is 0. The van der Waals surface area contributed by atoms with Gasteiger partial charge in [0.25, 0.3) is 0 Å². The molecule has 0 saturated heterocycles.